The minimum absolute atomic E-state index is 0.222. The summed E-state index contributed by atoms with van der Waals surface area (Å²) in [5.41, 5.74) is 1.79. The van der Waals surface area contributed by atoms with Crippen LogP contribution in [0.1, 0.15) is 28.4 Å². The lowest BCUT2D eigenvalue weighted by Gasteiger charge is -2.12. The number of carbonyl (C=O) groups excluding carboxylic acids is 1. The molecule has 0 saturated heterocycles. The lowest BCUT2D eigenvalue weighted by molar-refractivity contribution is 0.0950. The first kappa shape index (κ1) is 21.0. The zero-order valence-electron chi connectivity index (χ0n) is 17.5. The van der Waals surface area contributed by atoms with Crippen molar-refractivity contribution in [3.8, 4) is 5.88 Å². The van der Waals surface area contributed by atoms with Crippen molar-refractivity contribution in [3.63, 3.8) is 0 Å². The molecule has 0 spiro atoms. The minimum Gasteiger partial charge on any atom is -0.473 e. The van der Waals surface area contributed by atoms with Gasteiger partial charge in [-0.2, -0.15) is 0 Å². The lowest BCUT2D eigenvalue weighted by Crippen LogP contribution is -2.36. The number of hydrogen-bond donors (Lipinski definition) is 2. The van der Waals surface area contributed by atoms with Gasteiger partial charge in [-0.1, -0.05) is 36.4 Å². The number of pyridine rings is 1. The molecule has 0 bridgehead atoms. The summed E-state index contributed by atoms with van der Waals surface area (Å²) >= 11 is 0. The van der Waals surface area contributed by atoms with Crippen LogP contribution in [-0.4, -0.2) is 20.4 Å². The van der Waals surface area contributed by atoms with Crippen LogP contribution < -0.4 is 21.2 Å². The van der Waals surface area contributed by atoms with Crippen LogP contribution in [0.2, 0.25) is 0 Å². The molecule has 0 unspecified atom stereocenters. The molecule has 0 aliphatic rings. The molecule has 2 aromatic carbocycles. The van der Waals surface area contributed by atoms with E-state index in [0.29, 0.717) is 35.6 Å². The highest BCUT2D eigenvalue weighted by molar-refractivity contribution is 5.97. The third-order valence-corrected chi connectivity index (χ3v) is 5.06. The van der Waals surface area contributed by atoms with Crippen molar-refractivity contribution in [1.29, 1.82) is 0 Å². The highest BCUT2D eigenvalue weighted by Crippen LogP contribution is 2.17. The second-order valence-corrected chi connectivity index (χ2v) is 7.16. The standard InChI is InChI=1S/C24H22N4O4/c1-2-28-20-11-10-17(13-19(20)27-22(30)24(28)31)21(29)26-14-18-9-6-12-25-23(18)32-15-16-7-4-3-5-8-16/h3-13H,2,14-15H2,1H3,(H,26,29)(H,27,30). The van der Waals surface area contributed by atoms with E-state index >= 15 is 0 Å². The van der Waals surface area contributed by atoms with Crippen LogP contribution >= 0.6 is 0 Å². The van der Waals surface area contributed by atoms with E-state index in [1.54, 1.807) is 37.4 Å². The summed E-state index contributed by atoms with van der Waals surface area (Å²) in [6.07, 6.45) is 1.64. The minimum atomic E-state index is -0.715. The SMILES string of the molecule is CCn1c(=O)c(=O)[nH]c2cc(C(=O)NCc3cccnc3OCc3ccccc3)ccc21. The van der Waals surface area contributed by atoms with Gasteiger partial charge in [0.2, 0.25) is 5.88 Å². The molecule has 32 heavy (non-hydrogen) atoms. The number of rotatable bonds is 7. The van der Waals surface area contributed by atoms with Gasteiger partial charge in [0.15, 0.2) is 0 Å². The van der Waals surface area contributed by atoms with Crippen LogP contribution in [0.15, 0.2) is 76.4 Å². The monoisotopic (exact) mass is 430 g/mol. The number of carbonyl (C=O) groups is 1. The number of aryl methyl sites for hydroxylation is 1. The predicted molar refractivity (Wildman–Crippen MR) is 121 cm³/mol. The summed E-state index contributed by atoms with van der Waals surface area (Å²) in [5, 5.41) is 2.85. The zero-order valence-corrected chi connectivity index (χ0v) is 17.5. The van der Waals surface area contributed by atoms with Gasteiger partial charge in [0.05, 0.1) is 11.0 Å². The molecule has 4 rings (SSSR count). The third kappa shape index (κ3) is 4.44. The summed E-state index contributed by atoms with van der Waals surface area (Å²) in [6, 6.07) is 18.2. The molecule has 8 heteroatoms. The van der Waals surface area contributed by atoms with Gasteiger partial charge in [0.1, 0.15) is 6.61 Å². The zero-order chi connectivity index (χ0) is 22.5. The Kier molecular flexibility index (Phi) is 6.12. The van der Waals surface area contributed by atoms with Gasteiger partial charge in [0.25, 0.3) is 5.91 Å². The second kappa shape index (κ2) is 9.30. The first-order chi connectivity index (χ1) is 15.6. The van der Waals surface area contributed by atoms with Crippen molar-refractivity contribution in [3.05, 3.63) is 104 Å². The van der Waals surface area contributed by atoms with Crippen molar-refractivity contribution in [1.82, 2.24) is 19.9 Å². The molecule has 2 N–H and O–H groups in total. The Balaban J connectivity index is 1.49. The average molecular weight is 430 g/mol. The molecular weight excluding hydrogens is 408 g/mol. The number of ether oxygens (including phenoxy) is 1. The van der Waals surface area contributed by atoms with Crippen LogP contribution in [0, 0.1) is 0 Å². The van der Waals surface area contributed by atoms with Gasteiger partial charge in [-0.15, -0.1) is 0 Å². The van der Waals surface area contributed by atoms with Gasteiger partial charge in [-0.25, -0.2) is 4.98 Å². The van der Waals surface area contributed by atoms with E-state index in [1.807, 2.05) is 36.4 Å². The molecule has 0 aliphatic carbocycles. The van der Waals surface area contributed by atoms with Crippen molar-refractivity contribution in [2.45, 2.75) is 26.6 Å². The fourth-order valence-corrected chi connectivity index (χ4v) is 3.43. The first-order valence-electron chi connectivity index (χ1n) is 10.2. The molecule has 0 atom stereocenters. The maximum absolute atomic E-state index is 12.7. The topological polar surface area (TPSA) is 106 Å². The first-order valence-corrected chi connectivity index (χ1v) is 10.2. The molecule has 0 radical (unpaired) electrons. The Morgan fingerprint density at radius 1 is 1.09 bits per heavy atom. The molecule has 2 aromatic heterocycles. The molecule has 0 saturated carbocycles. The van der Waals surface area contributed by atoms with E-state index in [9.17, 15) is 14.4 Å². The quantitative estimate of drug-likeness (QED) is 0.439. The van der Waals surface area contributed by atoms with Crippen molar-refractivity contribution in [2.75, 3.05) is 0 Å². The number of aromatic amines is 1. The van der Waals surface area contributed by atoms with Gasteiger partial charge >= 0.3 is 11.1 Å². The lowest BCUT2D eigenvalue weighted by atomic mass is 10.1. The fourth-order valence-electron chi connectivity index (χ4n) is 3.43. The van der Waals surface area contributed by atoms with Crippen LogP contribution in [0.4, 0.5) is 0 Å². The summed E-state index contributed by atoms with van der Waals surface area (Å²) < 4.78 is 7.21. The van der Waals surface area contributed by atoms with Gasteiger partial charge in [-0.05, 0) is 36.8 Å². The van der Waals surface area contributed by atoms with Crippen molar-refractivity contribution >= 4 is 16.9 Å². The molecule has 8 nitrogen and oxygen atoms in total. The van der Waals surface area contributed by atoms with E-state index in [1.165, 1.54) is 4.57 Å². The van der Waals surface area contributed by atoms with Crippen molar-refractivity contribution < 1.29 is 9.53 Å². The molecule has 0 fully saturated rings. The number of nitrogens with one attached hydrogen (secondary N) is 2. The molecule has 0 aliphatic heterocycles. The van der Waals surface area contributed by atoms with Gasteiger partial charge in [0, 0.05) is 30.4 Å². The number of aromatic nitrogens is 3. The summed E-state index contributed by atoms with van der Waals surface area (Å²) in [6.45, 7) is 2.74. The number of H-pyrrole nitrogens is 1. The maximum Gasteiger partial charge on any atom is 0.316 e. The summed E-state index contributed by atoms with van der Waals surface area (Å²) in [5.74, 6) is 0.131. The Morgan fingerprint density at radius 3 is 2.69 bits per heavy atom. The van der Waals surface area contributed by atoms with E-state index in [-0.39, 0.29) is 12.5 Å². The van der Waals surface area contributed by atoms with Crippen LogP contribution in [-0.2, 0) is 19.7 Å². The van der Waals surface area contributed by atoms with E-state index < -0.39 is 11.1 Å². The smallest absolute Gasteiger partial charge is 0.316 e. The summed E-state index contributed by atoms with van der Waals surface area (Å²) in [4.78, 5) is 43.4. The molecule has 2 heterocycles. The molecule has 1 amide bonds. The highest BCUT2D eigenvalue weighted by atomic mass is 16.5. The van der Waals surface area contributed by atoms with Crippen LogP contribution in [0.5, 0.6) is 5.88 Å². The number of fused-ring (bicyclic) bond motifs is 1. The second-order valence-electron chi connectivity index (χ2n) is 7.16. The number of hydrogen-bond acceptors (Lipinski definition) is 5. The molecule has 4 aromatic rings. The number of nitrogens with zero attached hydrogens (tertiary/aromatic N) is 2. The van der Waals surface area contributed by atoms with Crippen LogP contribution in [0.3, 0.4) is 0 Å². The van der Waals surface area contributed by atoms with E-state index in [0.717, 1.165) is 11.1 Å². The Bertz CT molecular complexity index is 1380. The third-order valence-electron chi connectivity index (χ3n) is 5.06. The average Bonchev–Trinajstić information content (AvgIpc) is 2.83. The van der Waals surface area contributed by atoms with E-state index in [4.69, 9.17) is 4.74 Å². The largest absolute Gasteiger partial charge is 0.473 e. The highest BCUT2D eigenvalue weighted by Gasteiger charge is 2.12. The van der Waals surface area contributed by atoms with Gasteiger partial charge < -0.3 is 19.6 Å². The predicted octanol–water partition coefficient (Wildman–Crippen LogP) is 2.61. The van der Waals surface area contributed by atoms with E-state index in [2.05, 4.69) is 15.3 Å². The van der Waals surface area contributed by atoms with Crippen molar-refractivity contribution in [2.24, 2.45) is 0 Å². The normalized spacial score (nSPS) is 10.8. The Morgan fingerprint density at radius 2 is 1.91 bits per heavy atom. The number of benzene rings is 2. The summed E-state index contributed by atoms with van der Waals surface area (Å²) in [7, 11) is 0. The maximum atomic E-state index is 12.7. The Hall–Kier alpha value is -4.20. The van der Waals surface area contributed by atoms with Crippen LogP contribution in [0.25, 0.3) is 11.0 Å². The number of amides is 1. The molecular formula is C24H22N4O4. The fraction of sp³-hybridized carbons (Fsp3) is 0.167. The van der Waals surface area contributed by atoms with Gasteiger partial charge in [-0.3, -0.25) is 14.4 Å². The molecule has 162 valence electrons. The Labute approximate surface area is 183 Å².